The van der Waals surface area contributed by atoms with Crippen LogP contribution in [0.5, 0.6) is 0 Å². The molecule has 3 aliphatic rings. The van der Waals surface area contributed by atoms with Gasteiger partial charge in [0.1, 0.15) is 12.2 Å². The third kappa shape index (κ3) is 5.04. The summed E-state index contributed by atoms with van der Waals surface area (Å²) < 4.78 is 24.4. The van der Waals surface area contributed by atoms with Crippen molar-refractivity contribution in [3.05, 3.63) is 10.6 Å². The zero-order valence-corrected chi connectivity index (χ0v) is 18.7. The Bertz CT molecular complexity index is 907. The van der Waals surface area contributed by atoms with Crippen LogP contribution in [0.4, 0.5) is 0 Å². The van der Waals surface area contributed by atoms with Crippen LogP contribution in [-0.4, -0.2) is 84.4 Å². The summed E-state index contributed by atoms with van der Waals surface area (Å²) in [6.45, 7) is 3.52. The highest BCUT2D eigenvalue weighted by Gasteiger charge is 2.60. The van der Waals surface area contributed by atoms with Crippen molar-refractivity contribution in [3.8, 4) is 0 Å². The van der Waals surface area contributed by atoms with E-state index in [9.17, 15) is 27.9 Å². The first-order valence-electron chi connectivity index (χ1n) is 9.83. The minimum absolute atomic E-state index is 0.00537. The molecule has 0 aromatic heterocycles. The number of aliphatic hydroxyl groups is 1. The average Bonchev–Trinajstić information content (AvgIpc) is 3.19. The van der Waals surface area contributed by atoms with E-state index in [1.165, 1.54) is 23.6 Å². The van der Waals surface area contributed by atoms with Gasteiger partial charge in [0.05, 0.1) is 18.1 Å². The number of hydrogen-bond acceptors (Lipinski definition) is 8. The van der Waals surface area contributed by atoms with E-state index in [0.29, 0.717) is 17.9 Å². The molecular formula is C17H27N5O7S2. The number of nitrogens with two attached hydrogens (primary N) is 1. The van der Waals surface area contributed by atoms with Gasteiger partial charge in [-0.3, -0.25) is 14.4 Å². The molecule has 14 heteroatoms. The summed E-state index contributed by atoms with van der Waals surface area (Å²) in [5, 5.41) is 29.4. The number of aliphatic hydroxyl groups excluding tert-OH is 1. The molecular weight excluding hydrogens is 450 g/mol. The zero-order chi connectivity index (χ0) is 23.1. The Labute approximate surface area is 184 Å². The minimum Gasteiger partial charge on any atom is -0.480 e. The second-order valence-electron chi connectivity index (χ2n) is 8.02. The number of carboxylic acid groups (broad SMARTS) is 1. The highest BCUT2D eigenvalue weighted by molar-refractivity contribution is 8.03. The Morgan fingerprint density at radius 1 is 1.42 bits per heavy atom. The predicted octanol–water partition coefficient (Wildman–Crippen LogP) is -2.49. The number of rotatable bonds is 9. The number of aliphatic carboxylic acids is 1. The molecule has 2 saturated heterocycles. The Morgan fingerprint density at radius 3 is 2.68 bits per heavy atom. The molecule has 0 unspecified atom stereocenters. The van der Waals surface area contributed by atoms with Crippen LogP contribution in [0.3, 0.4) is 0 Å². The fourth-order valence-electron chi connectivity index (χ4n) is 4.35. The number of hydrogen-bond donors (Lipinski definition) is 6. The quantitative estimate of drug-likeness (QED) is 0.195. The number of carboxylic acids is 1. The molecule has 0 aromatic carbocycles. The molecule has 0 radical (unpaired) electrons. The molecule has 31 heavy (non-hydrogen) atoms. The van der Waals surface area contributed by atoms with Crippen LogP contribution in [0.2, 0.25) is 0 Å². The van der Waals surface area contributed by atoms with Crippen LogP contribution in [0, 0.1) is 11.8 Å². The molecule has 0 aliphatic carbocycles. The van der Waals surface area contributed by atoms with E-state index in [4.69, 9.17) is 10.2 Å². The predicted molar refractivity (Wildman–Crippen MR) is 112 cm³/mol. The van der Waals surface area contributed by atoms with Crippen molar-refractivity contribution < 1.29 is 33.0 Å². The molecule has 6 atom stereocenters. The average molecular weight is 478 g/mol. The maximum Gasteiger partial charge on any atom is 0.322 e. The lowest BCUT2D eigenvalue weighted by Crippen LogP contribution is -2.64. The van der Waals surface area contributed by atoms with Crippen molar-refractivity contribution in [2.45, 2.75) is 43.7 Å². The van der Waals surface area contributed by atoms with Crippen molar-refractivity contribution in [1.29, 1.82) is 0 Å². The number of β-lactam (4-membered cyclic amide) rings is 1. The number of carbonyl (C=O) groups excluding carboxylic acids is 2. The Morgan fingerprint density at radius 2 is 2.10 bits per heavy atom. The van der Waals surface area contributed by atoms with Gasteiger partial charge in [0.2, 0.25) is 5.91 Å². The second-order valence-corrected chi connectivity index (χ2v) is 10.7. The lowest BCUT2D eigenvalue weighted by Gasteiger charge is -2.46. The molecule has 3 heterocycles. The number of amides is 2. The maximum absolute atomic E-state index is 12.8. The van der Waals surface area contributed by atoms with Crippen LogP contribution < -0.4 is 20.5 Å². The lowest BCUT2D eigenvalue weighted by atomic mass is 9.79. The van der Waals surface area contributed by atoms with Gasteiger partial charge in [0.25, 0.3) is 16.1 Å². The summed E-state index contributed by atoms with van der Waals surface area (Å²) in [5.41, 5.74) is 0.136. The minimum atomic E-state index is -3.80. The molecule has 3 aliphatic heterocycles. The molecule has 174 valence electrons. The number of thioether (sulfide) groups is 1. The van der Waals surface area contributed by atoms with Crippen LogP contribution >= 0.6 is 11.8 Å². The first kappa shape index (κ1) is 23.9. The smallest absolute Gasteiger partial charge is 0.322 e. The Balaban J connectivity index is 1.77. The third-order valence-electron chi connectivity index (χ3n) is 5.73. The van der Waals surface area contributed by atoms with Gasteiger partial charge < -0.3 is 25.7 Å². The molecule has 0 aromatic rings. The van der Waals surface area contributed by atoms with Gasteiger partial charge in [0.15, 0.2) is 0 Å². The van der Waals surface area contributed by atoms with Crippen LogP contribution in [-0.2, 0) is 24.6 Å². The normalized spacial score (nSPS) is 31.4. The maximum atomic E-state index is 12.8. The number of nitrogens with zero attached hydrogens (tertiary/aromatic N) is 1. The zero-order valence-electron chi connectivity index (χ0n) is 17.1. The summed E-state index contributed by atoms with van der Waals surface area (Å²) in [7, 11) is -3.80. The van der Waals surface area contributed by atoms with Crippen LogP contribution in [0.25, 0.3) is 0 Å². The Hall–Kier alpha value is -1.71. The first-order valence-corrected chi connectivity index (χ1v) is 12.3. The number of fused-ring (bicyclic) bond motifs is 1. The fourth-order valence-corrected chi connectivity index (χ4v) is 6.31. The molecule has 12 nitrogen and oxygen atoms in total. The largest absolute Gasteiger partial charge is 0.480 e. The van der Waals surface area contributed by atoms with E-state index in [1.54, 1.807) is 0 Å². The van der Waals surface area contributed by atoms with Gasteiger partial charge in [-0.05, 0) is 13.3 Å². The van der Waals surface area contributed by atoms with E-state index in [2.05, 4.69) is 15.4 Å². The fraction of sp³-hybridized carbons (Fsp3) is 0.706. The van der Waals surface area contributed by atoms with Gasteiger partial charge >= 0.3 is 5.97 Å². The van der Waals surface area contributed by atoms with Crippen molar-refractivity contribution in [1.82, 2.24) is 20.3 Å². The van der Waals surface area contributed by atoms with Gasteiger partial charge in [-0.15, -0.1) is 11.8 Å². The van der Waals surface area contributed by atoms with Crippen LogP contribution in [0.1, 0.15) is 20.3 Å². The monoisotopic (exact) mass is 477 g/mol. The molecule has 2 amide bonds. The lowest BCUT2D eigenvalue weighted by molar-refractivity contribution is -0.161. The molecule has 7 N–H and O–H groups in total. The SMILES string of the molecule is C[C@@H](O)[C@H]1C(=O)N2C(C(=O)NCC(=O)O)=C(S[C@@H]3CN[C@H](CNS(N)(=O)=O)C3)[C@H](C)[C@H]12. The Kier molecular flexibility index (Phi) is 6.98. The summed E-state index contributed by atoms with van der Waals surface area (Å²) in [6, 6.07) is -0.504. The number of carbonyl (C=O) groups is 3. The second kappa shape index (κ2) is 9.03. The highest BCUT2D eigenvalue weighted by atomic mass is 32.2. The van der Waals surface area contributed by atoms with E-state index in [-0.39, 0.29) is 41.4 Å². The summed E-state index contributed by atoms with van der Waals surface area (Å²) in [4.78, 5) is 38.3. The summed E-state index contributed by atoms with van der Waals surface area (Å²) in [5.74, 6) is -3.04. The van der Waals surface area contributed by atoms with E-state index in [0.717, 1.165) is 0 Å². The summed E-state index contributed by atoms with van der Waals surface area (Å²) in [6.07, 6.45) is -0.267. The molecule has 0 saturated carbocycles. The van der Waals surface area contributed by atoms with Gasteiger partial charge in [-0.25, -0.2) is 9.86 Å². The van der Waals surface area contributed by atoms with Gasteiger partial charge in [-0.2, -0.15) is 8.42 Å². The molecule has 2 fully saturated rings. The van der Waals surface area contributed by atoms with Gasteiger partial charge in [0, 0.05) is 35.2 Å². The standard InChI is InChI=1S/C17H27N5O7S2/c1-7-13-12(8(2)23)17(27)22(13)14(16(26)20-6-11(24)25)15(7)30-10-3-9(19-5-10)4-21-31(18,28)29/h7-10,12-13,19,21,23H,3-6H2,1-2H3,(H,20,26)(H,24,25)(H2,18,28,29)/t7-,8-,9+,10+,12-,13-/m1/s1. The van der Waals surface area contributed by atoms with E-state index < -0.39 is 40.7 Å². The topological polar surface area (TPSA) is 191 Å². The molecule has 0 spiro atoms. The van der Waals surface area contributed by atoms with E-state index >= 15 is 0 Å². The van der Waals surface area contributed by atoms with Crippen molar-refractivity contribution in [2.75, 3.05) is 19.6 Å². The van der Waals surface area contributed by atoms with Crippen molar-refractivity contribution in [3.63, 3.8) is 0 Å². The van der Waals surface area contributed by atoms with Crippen molar-refractivity contribution in [2.24, 2.45) is 17.0 Å². The summed E-state index contributed by atoms with van der Waals surface area (Å²) >= 11 is 1.42. The number of nitrogens with one attached hydrogen (secondary N) is 3. The first-order chi connectivity index (χ1) is 14.4. The highest BCUT2D eigenvalue weighted by Crippen LogP contribution is 2.51. The molecule has 0 bridgehead atoms. The van der Waals surface area contributed by atoms with Crippen LogP contribution in [0.15, 0.2) is 10.6 Å². The van der Waals surface area contributed by atoms with Gasteiger partial charge in [-0.1, -0.05) is 6.92 Å². The molecule has 3 rings (SSSR count). The third-order valence-corrected chi connectivity index (χ3v) is 7.81. The van der Waals surface area contributed by atoms with Crippen molar-refractivity contribution >= 4 is 39.8 Å². The van der Waals surface area contributed by atoms with E-state index in [1.807, 2.05) is 6.92 Å².